The van der Waals surface area contributed by atoms with E-state index in [0.29, 0.717) is 17.4 Å². The highest BCUT2D eigenvalue weighted by Crippen LogP contribution is 2.32. The van der Waals surface area contributed by atoms with E-state index in [9.17, 15) is 9.59 Å². The van der Waals surface area contributed by atoms with Gasteiger partial charge in [0.15, 0.2) is 0 Å². The van der Waals surface area contributed by atoms with Crippen LogP contribution >= 0.6 is 0 Å². The predicted octanol–water partition coefficient (Wildman–Crippen LogP) is 4.80. The number of para-hydroxylation sites is 1. The maximum Gasteiger partial charge on any atom is 0.251 e. The van der Waals surface area contributed by atoms with E-state index in [0.717, 1.165) is 31.1 Å². The van der Waals surface area contributed by atoms with E-state index in [-0.39, 0.29) is 5.91 Å². The van der Waals surface area contributed by atoms with Crippen molar-refractivity contribution in [1.82, 2.24) is 9.97 Å². The Morgan fingerprint density at radius 2 is 1.82 bits per heavy atom. The van der Waals surface area contributed by atoms with E-state index >= 15 is 0 Å². The van der Waals surface area contributed by atoms with Crippen molar-refractivity contribution in [2.75, 3.05) is 22.9 Å². The lowest BCUT2D eigenvalue weighted by Crippen LogP contribution is -2.31. The van der Waals surface area contributed by atoms with Crippen LogP contribution in [0.4, 0.5) is 11.6 Å². The second-order valence-electron chi connectivity index (χ2n) is 8.53. The number of carbonyl (C=O) groups is 2. The van der Waals surface area contributed by atoms with Crippen LogP contribution in [0.15, 0.2) is 55.0 Å². The molecule has 0 saturated heterocycles. The van der Waals surface area contributed by atoms with Crippen molar-refractivity contribution >= 4 is 23.5 Å². The molecule has 1 atom stereocenters. The second kappa shape index (κ2) is 13.4. The summed E-state index contributed by atoms with van der Waals surface area (Å²) in [6, 6.07) is 9.56. The molecule has 1 saturated carbocycles. The Bertz CT molecular complexity index is 895. The predicted molar refractivity (Wildman–Crippen MR) is 134 cm³/mol. The maximum atomic E-state index is 11.2. The number of hydrogen-bond acceptors (Lipinski definition) is 5. The van der Waals surface area contributed by atoms with Crippen LogP contribution in [0.5, 0.6) is 0 Å². The fourth-order valence-electron chi connectivity index (χ4n) is 3.25. The van der Waals surface area contributed by atoms with Crippen LogP contribution in [0.25, 0.3) is 0 Å². The normalized spacial score (nSPS) is 13.7. The topological polar surface area (TPSA) is 92.4 Å². The first kappa shape index (κ1) is 26.0. The van der Waals surface area contributed by atoms with Crippen LogP contribution in [0, 0.1) is 11.8 Å². The minimum atomic E-state index is -0.483. The van der Waals surface area contributed by atoms with E-state index in [1.807, 2.05) is 43.3 Å². The number of carbonyl (C=O) groups excluding carboxylic acids is 2. The van der Waals surface area contributed by atoms with Gasteiger partial charge < -0.3 is 10.6 Å². The van der Waals surface area contributed by atoms with Gasteiger partial charge in [-0.3, -0.25) is 14.5 Å². The number of primary amides is 1. The van der Waals surface area contributed by atoms with Crippen LogP contribution in [-0.2, 0) is 4.79 Å². The van der Waals surface area contributed by atoms with Gasteiger partial charge in [-0.2, -0.15) is 0 Å². The summed E-state index contributed by atoms with van der Waals surface area (Å²) in [5.41, 5.74) is 6.47. The van der Waals surface area contributed by atoms with E-state index in [1.54, 1.807) is 18.0 Å². The van der Waals surface area contributed by atoms with Crippen LogP contribution < -0.4 is 15.5 Å². The molecule has 1 aromatic heterocycles. The van der Waals surface area contributed by atoms with Crippen molar-refractivity contribution in [2.45, 2.75) is 53.4 Å². The molecule has 2 aromatic rings. The van der Waals surface area contributed by atoms with Crippen molar-refractivity contribution in [1.29, 1.82) is 0 Å². The zero-order valence-electron chi connectivity index (χ0n) is 20.3. The first-order valence-corrected chi connectivity index (χ1v) is 11.7. The molecular weight excluding hydrogens is 414 g/mol. The third-order valence-electron chi connectivity index (χ3n) is 5.61. The van der Waals surface area contributed by atoms with Gasteiger partial charge in [-0.25, -0.2) is 9.97 Å². The fraction of sp³-hybridized carbons (Fsp3) is 0.462. The molecule has 1 heterocycles. The van der Waals surface area contributed by atoms with Gasteiger partial charge in [0.1, 0.15) is 0 Å². The Morgan fingerprint density at radius 1 is 1.18 bits per heavy atom. The molecule has 33 heavy (non-hydrogen) atoms. The fourth-order valence-corrected chi connectivity index (χ4v) is 3.25. The van der Waals surface area contributed by atoms with Gasteiger partial charge in [-0.05, 0) is 37.3 Å². The van der Waals surface area contributed by atoms with Crippen LogP contribution in [0.3, 0.4) is 0 Å². The van der Waals surface area contributed by atoms with Crippen molar-refractivity contribution in [3.8, 4) is 0 Å². The summed E-state index contributed by atoms with van der Waals surface area (Å²) in [7, 11) is 0. The van der Waals surface area contributed by atoms with Gasteiger partial charge in [0.25, 0.3) is 5.91 Å². The van der Waals surface area contributed by atoms with Crippen LogP contribution in [0.2, 0.25) is 0 Å². The Kier molecular flexibility index (Phi) is 10.5. The largest absolute Gasteiger partial charge is 0.366 e. The van der Waals surface area contributed by atoms with E-state index < -0.39 is 5.91 Å². The van der Waals surface area contributed by atoms with Crippen molar-refractivity contribution in [3.05, 3.63) is 60.6 Å². The quantitative estimate of drug-likeness (QED) is 0.560. The molecule has 0 aliphatic heterocycles. The number of amides is 2. The highest BCUT2D eigenvalue weighted by atomic mass is 16.2. The zero-order valence-corrected chi connectivity index (χ0v) is 20.3. The number of hydrogen-bond donors (Lipinski definition) is 1. The summed E-state index contributed by atoms with van der Waals surface area (Å²) in [4.78, 5) is 34.7. The number of anilines is 2. The summed E-state index contributed by atoms with van der Waals surface area (Å²) in [5.74, 6) is 1.73. The summed E-state index contributed by atoms with van der Waals surface area (Å²) in [5, 5.41) is 0. The van der Waals surface area contributed by atoms with Gasteiger partial charge in [0.2, 0.25) is 11.9 Å². The van der Waals surface area contributed by atoms with Gasteiger partial charge in [-0.15, -0.1) is 0 Å². The number of benzene rings is 1. The van der Waals surface area contributed by atoms with Gasteiger partial charge in [0.05, 0.1) is 5.56 Å². The molecule has 178 valence electrons. The van der Waals surface area contributed by atoms with Gasteiger partial charge in [0, 0.05) is 44.3 Å². The standard InChI is InChI=1S/C15H24N4O.C11H13NO/c1-3-11(2)10-19(7-6-12-4-5-12)15-17-8-13(9-18-15)14(16)20;1-3-9-12(10(2)13)11-7-5-4-6-8-11/h8-9,11-12H,3-7,10H2,1-2H3,(H2,16,20);3-9H,1-2H3/b;9-3-. The summed E-state index contributed by atoms with van der Waals surface area (Å²) < 4.78 is 0. The Balaban J connectivity index is 0.000000257. The monoisotopic (exact) mass is 451 g/mol. The number of rotatable bonds is 10. The van der Waals surface area contributed by atoms with E-state index in [4.69, 9.17) is 5.73 Å². The molecule has 7 heteroatoms. The number of aromatic nitrogens is 2. The van der Waals surface area contributed by atoms with Crippen LogP contribution in [-0.4, -0.2) is 34.9 Å². The zero-order chi connectivity index (χ0) is 24.2. The minimum Gasteiger partial charge on any atom is -0.366 e. The van der Waals surface area contributed by atoms with Crippen molar-refractivity contribution in [3.63, 3.8) is 0 Å². The molecule has 7 nitrogen and oxygen atoms in total. The lowest BCUT2D eigenvalue weighted by molar-refractivity contribution is -0.116. The Hall–Kier alpha value is -3.22. The average Bonchev–Trinajstić information content (AvgIpc) is 3.65. The lowest BCUT2D eigenvalue weighted by Gasteiger charge is -2.25. The number of nitrogens with two attached hydrogens (primary N) is 1. The number of nitrogens with zero attached hydrogens (tertiary/aromatic N) is 4. The molecule has 1 aromatic carbocycles. The highest BCUT2D eigenvalue weighted by Gasteiger charge is 2.23. The average molecular weight is 452 g/mol. The van der Waals surface area contributed by atoms with E-state index in [1.165, 1.54) is 31.7 Å². The third-order valence-corrected chi connectivity index (χ3v) is 5.61. The first-order valence-electron chi connectivity index (χ1n) is 11.7. The summed E-state index contributed by atoms with van der Waals surface area (Å²) in [6.07, 6.45) is 11.7. The molecular formula is C26H37N5O2. The molecule has 3 rings (SSSR count). The molecule has 1 fully saturated rings. The smallest absolute Gasteiger partial charge is 0.251 e. The first-order chi connectivity index (χ1) is 15.8. The number of allylic oxidation sites excluding steroid dienone is 1. The molecule has 0 spiro atoms. The van der Waals surface area contributed by atoms with Gasteiger partial charge in [-0.1, -0.05) is 57.4 Å². The van der Waals surface area contributed by atoms with Gasteiger partial charge >= 0.3 is 0 Å². The van der Waals surface area contributed by atoms with Crippen LogP contribution in [0.1, 0.15) is 63.7 Å². The van der Waals surface area contributed by atoms with Crippen molar-refractivity contribution < 1.29 is 9.59 Å². The Morgan fingerprint density at radius 3 is 2.30 bits per heavy atom. The Labute approximate surface area is 197 Å². The maximum absolute atomic E-state index is 11.2. The molecule has 2 amide bonds. The van der Waals surface area contributed by atoms with Crippen molar-refractivity contribution in [2.24, 2.45) is 17.6 Å². The third kappa shape index (κ3) is 9.04. The SMILES string of the molecule is C/C=C\N(C(C)=O)c1ccccc1.CCC(C)CN(CCC1CC1)c1ncc(C(N)=O)cn1. The lowest BCUT2D eigenvalue weighted by atomic mass is 10.1. The summed E-state index contributed by atoms with van der Waals surface area (Å²) in [6.45, 7) is 9.82. The van der Waals surface area contributed by atoms with E-state index in [2.05, 4.69) is 28.7 Å². The molecule has 1 aliphatic carbocycles. The molecule has 1 unspecified atom stereocenters. The second-order valence-corrected chi connectivity index (χ2v) is 8.53. The minimum absolute atomic E-state index is 0.0179. The molecule has 2 N–H and O–H groups in total. The highest BCUT2D eigenvalue weighted by molar-refractivity contribution is 5.93. The molecule has 1 aliphatic rings. The summed E-state index contributed by atoms with van der Waals surface area (Å²) >= 11 is 0. The molecule has 0 bridgehead atoms. The molecule has 0 radical (unpaired) electrons.